The largest absolute Gasteiger partial charge is 0.354 e. The van der Waals surface area contributed by atoms with Crippen molar-refractivity contribution in [1.29, 1.82) is 0 Å². The molecule has 0 saturated heterocycles. The zero-order chi connectivity index (χ0) is 29.4. The molecule has 0 aliphatic rings. The van der Waals surface area contributed by atoms with Gasteiger partial charge in [0.25, 0.3) is 10.0 Å². The Morgan fingerprint density at radius 1 is 0.925 bits per heavy atom. The van der Waals surface area contributed by atoms with E-state index in [-0.39, 0.29) is 23.3 Å². The summed E-state index contributed by atoms with van der Waals surface area (Å²) in [5.74, 6) is -0.527. The van der Waals surface area contributed by atoms with Crippen molar-refractivity contribution in [3.05, 3.63) is 94.5 Å². The van der Waals surface area contributed by atoms with Crippen LogP contribution in [-0.4, -0.2) is 44.3 Å². The average Bonchev–Trinajstić information content (AvgIpc) is 2.91. The maximum Gasteiger partial charge on any atom is 0.264 e. The lowest BCUT2D eigenvalue weighted by Crippen LogP contribution is -2.52. The van der Waals surface area contributed by atoms with Crippen molar-refractivity contribution >= 4 is 39.1 Å². The van der Waals surface area contributed by atoms with Crippen LogP contribution in [0.2, 0.25) is 5.02 Å². The van der Waals surface area contributed by atoms with E-state index in [2.05, 4.69) is 5.32 Å². The van der Waals surface area contributed by atoms with Gasteiger partial charge in [0, 0.05) is 18.1 Å². The number of carbonyl (C=O) groups is 2. The van der Waals surface area contributed by atoms with Gasteiger partial charge in [0.2, 0.25) is 11.8 Å². The van der Waals surface area contributed by atoms with E-state index in [9.17, 15) is 18.0 Å². The average molecular weight is 584 g/mol. The summed E-state index contributed by atoms with van der Waals surface area (Å²) in [6.45, 7) is 9.70. The van der Waals surface area contributed by atoms with E-state index in [1.807, 2.05) is 40.7 Å². The lowest BCUT2D eigenvalue weighted by molar-refractivity contribution is -0.140. The Morgan fingerprint density at radius 2 is 1.52 bits per heavy atom. The molecule has 0 aliphatic heterocycles. The van der Waals surface area contributed by atoms with E-state index in [4.69, 9.17) is 11.6 Å². The van der Waals surface area contributed by atoms with Gasteiger partial charge in [-0.1, -0.05) is 68.8 Å². The van der Waals surface area contributed by atoms with Crippen LogP contribution in [0, 0.1) is 19.8 Å². The molecule has 0 saturated carbocycles. The predicted octanol–water partition coefficient (Wildman–Crippen LogP) is 5.73. The number of hydrogen-bond donors (Lipinski definition) is 1. The summed E-state index contributed by atoms with van der Waals surface area (Å²) in [5, 5.41) is 3.49. The van der Waals surface area contributed by atoms with E-state index in [0.717, 1.165) is 21.0 Å². The molecule has 3 rings (SSSR count). The molecule has 9 heteroatoms. The van der Waals surface area contributed by atoms with Crippen LogP contribution in [0.4, 0.5) is 5.69 Å². The predicted molar refractivity (Wildman–Crippen MR) is 161 cm³/mol. The molecule has 0 heterocycles. The quantitative estimate of drug-likeness (QED) is 0.295. The number of nitrogens with zero attached hydrogens (tertiary/aromatic N) is 2. The molecule has 1 N–H and O–H groups in total. The van der Waals surface area contributed by atoms with E-state index >= 15 is 0 Å². The summed E-state index contributed by atoms with van der Waals surface area (Å²) >= 11 is 6.07. The van der Waals surface area contributed by atoms with Gasteiger partial charge >= 0.3 is 0 Å². The first kappa shape index (κ1) is 31.2. The molecule has 0 aliphatic carbocycles. The Hall–Kier alpha value is -3.36. The number of carbonyl (C=O) groups excluding carboxylic acids is 2. The van der Waals surface area contributed by atoms with Crippen LogP contribution < -0.4 is 9.62 Å². The Kier molecular flexibility index (Phi) is 10.8. The first-order chi connectivity index (χ1) is 18.9. The van der Waals surface area contributed by atoms with E-state index in [0.29, 0.717) is 23.7 Å². The highest BCUT2D eigenvalue weighted by molar-refractivity contribution is 7.92. The standard InChI is InChI=1S/C31H38ClN3O4S/c1-6-29(31(37)33-19-22(2)3)34(20-25-12-14-26(32)15-13-25)30(36)21-35(27-17-23(4)16-24(5)18-27)40(38,39)28-10-8-7-9-11-28/h7-18,22,29H,6,19-21H2,1-5H3,(H,33,37). The topological polar surface area (TPSA) is 86.8 Å². The minimum atomic E-state index is -4.10. The number of benzene rings is 3. The number of amides is 2. The van der Waals surface area contributed by atoms with Gasteiger partial charge in [0.05, 0.1) is 10.6 Å². The Balaban J connectivity index is 2.06. The van der Waals surface area contributed by atoms with Crippen LogP contribution in [0.5, 0.6) is 0 Å². The zero-order valence-electron chi connectivity index (χ0n) is 23.7. The minimum Gasteiger partial charge on any atom is -0.354 e. The van der Waals surface area contributed by atoms with Crippen molar-refractivity contribution in [1.82, 2.24) is 10.2 Å². The van der Waals surface area contributed by atoms with Gasteiger partial charge in [-0.15, -0.1) is 0 Å². The Bertz CT molecular complexity index is 1390. The SMILES string of the molecule is CCC(C(=O)NCC(C)C)N(Cc1ccc(Cl)cc1)C(=O)CN(c1cc(C)cc(C)c1)S(=O)(=O)c1ccccc1. The summed E-state index contributed by atoms with van der Waals surface area (Å²) in [7, 11) is -4.10. The van der Waals surface area contributed by atoms with E-state index in [1.54, 1.807) is 54.6 Å². The fourth-order valence-corrected chi connectivity index (χ4v) is 6.02. The monoisotopic (exact) mass is 583 g/mol. The van der Waals surface area contributed by atoms with Gasteiger partial charge in [0.15, 0.2) is 0 Å². The second kappa shape index (κ2) is 13.8. The third kappa shape index (κ3) is 8.08. The van der Waals surface area contributed by atoms with Gasteiger partial charge in [0.1, 0.15) is 12.6 Å². The van der Waals surface area contributed by atoms with Gasteiger partial charge in [-0.3, -0.25) is 13.9 Å². The van der Waals surface area contributed by atoms with E-state index < -0.39 is 28.5 Å². The summed E-state index contributed by atoms with van der Waals surface area (Å²) < 4.78 is 29.0. The number of aryl methyl sites for hydroxylation is 2. The van der Waals surface area contributed by atoms with Crippen LogP contribution >= 0.6 is 11.6 Å². The van der Waals surface area contributed by atoms with Crippen LogP contribution in [-0.2, 0) is 26.2 Å². The number of rotatable bonds is 12. The van der Waals surface area contributed by atoms with Crippen LogP contribution in [0.25, 0.3) is 0 Å². The maximum atomic E-state index is 14.1. The second-order valence-corrected chi connectivity index (χ2v) is 12.7. The van der Waals surface area contributed by atoms with Crippen molar-refractivity contribution in [2.45, 2.75) is 58.5 Å². The number of sulfonamides is 1. The molecule has 1 unspecified atom stereocenters. The molecular weight excluding hydrogens is 546 g/mol. The van der Waals surface area contributed by atoms with Crippen molar-refractivity contribution in [3.63, 3.8) is 0 Å². The molecular formula is C31H38ClN3O4S. The lowest BCUT2D eigenvalue weighted by Gasteiger charge is -2.33. The zero-order valence-corrected chi connectivity index (χ0v) is 25.3. The van der Waals surface area contributed by atoms with Crippen LogP contribution in [0.15, 0.2) is 77.7 Å². The number of halogens is 1. The summed E-state index contributed by atoms with van der Waals surface area (Å²) in [6, 6.07) is 19.7. The smallest absolute Gasteiger partial charge is 0.264 e. The molecule has 0 spiro atoms. The second-order valence-electron chi connectivity index (χ2n) is 10.4. The number of nitrogens with one attached hydrogen (secondary N) is 1. The maximum absolute atomic E-state index is 14.1. The van der Waals surface area contributed by atoms with Gasteiger partial charge in [-0.25, -0.2) is 8.42 Å². The number of anilines is 1. The fraction of sp³-hybridized carbons (Fsp3) is 0.355. The first-order valence-electron chi connectivity index (χ1n) is 13.4. The van der Waals surface area contributed by atoms with Crippen LogP contribution in [0.1, 0.15) is 43.9 Å². The first-order valence-corrected chi connectivity index (χ1v) is 15.2. The molecule has 3 aromatic rings. The van der Waals surface area contributed by atoms with Crippen molar-refractivity contribution in [2.24, 2.45) is 5.92 Å². The highest BCUT2D eigenvalue weighted by Crippen LogP contribution is 2.27. The Morgan fingerprint density at radius 3 is 2.08 bits per heavy atom. The summed E-state index contributed by atoms with van der Waals surface area (Å²) in [6.07, 6.45) is 0.359. The molecule has 1 atom stereocenters. The highest BCUT2D eigenvalue weighted by Gasteiger charge is 2.33. The third-order valence-electron chi connectivity index (χ3n) is 6.44. The Labute approximate surface area is 243 Å². The fourth-order valence-electron chi connectivity index (χ4n) is 4.47. The summed E-state index contributed by atoms with van der Waals surface area (Å²) in [5.41, 5.74) is 2.90. The van der Waals surface area contributed by atoms with Crippen LogP contribution in [0.3, 0.4) is 0 Å². The third-order valence-corrected chi connectivity index (χ3v) is 8.48. The molecule has 40 heavy (non-hydrogen) atoms. The molecule has 0 aromatic heterocycles. The highest BCUT2D eigenvalue weighted by atomic mass is 35.5. The minimum absolute atomic E-state index is 0.0768. The molecule has 214 valence electrons. The van der Waals surface area contributed by atoms with Crippen molar-refractivity contribution in [3.8, 4) is 0 Å². The molecule has 7 nitrogen and oxygen atoms in total. The number of hydrogen-bond acceptors (Lipinski definition) is 4. The van der Waals surface area contributed by atoms with Crippen molar-refractivity contribution < 1.29 is 18.0 Å². The molecule has 0 radical (unpaired) electrons. The van der Waals surface area contributed by atoms with Gasteiger partial charge in [-0.2, -0.15) is 0 Å². The van der Waals surface area contributed by atoms with E-state index in [1.165, 1.54) is 17.0 Å². The molecule has 0 bridgehead atoms. The van der Waals surface area contributed by atoms with Gasteiger partial charge < -0.3 is 10.2 Å². The normalized spacial score (nSPS) is 12.2. The van der Waals surface area contributed by atoms with Gasteiger partial charge in [-0.05, 0) is 79.3 Å². The molecule has 3 aromatic carbocycles. The van der Waals surface area contributed by atoms with Crippen molar-refractivity contribution in [2.75, 3.05) is 17.4 Å². The molecule has 2 amide bonds. The lowest BCUT2D eigenvalue weighted by atomic mass is 10.1. The molecule has 0 fully saturated rings. The summed E-state index contributed by atoms with van der Waals surface area (Å²) in [4.78, 5) is 28.9.